The van der Waals surface area contributed by atoms with Crippen molar-refractivity contribution in [1.29, 1.82) is 0 Å². The van der Waals surface area contributed by atoms with Crippen LogP contribution in [0.5, 0.6) is 0 Å². The van der Waals surface area contributed by atoms with Gasteiger partial charge in [0.1, 0.15) is 5.82 Å². The van der Waals surface area contributed by atoms with E-state index in [4.69, 9.17) is 0 Å². The number of aromatic amines is 1. The van der Waals surface area contributed by atoms with E-state index in [9.17, 15) is 4.79 Å². The average Bonchev–Trinajstić information content (AvgIpc) is 2.94. The summed E-state index contributed by atoms with van der Waals surface area (Å²) in [5, 5.41) is 0. The van der Waals surface area contributed by atoms with Gasteiger partial charge in [-0.2, -0.15) is 0 Å². The predicted molar refractivity (Wildman–Crippen MR) is 75.1 cm³/mol. The first-order valence-electron chi connectivity index (χ1n) is 6.47. The highest BCUT2D eigenvalue weighted by atomic mass is 127. The van der Waals surface area contributed by atoms with Gasteiger partial charge in [-0.1, -0.05) is 13.3 Å². The van der Waals surface area contributed by atoms with Crippen LogP contribution in [0.25, 0.3) is 0 Å². The summed E-state index contributed by atoms with van der Waals surface area (Å²) < 4.78 is 0.761. The van der Waals surface area contributed by atoms with Gasteiger partial charge in [-0.15, -0.1) is 0 Å². The highest BCUT2D eigenvalue weighted by Crippen LogP contribution is 2.51. The molecule has 1 aromatic rings. The van der Waals surface area contributed by atoms with E-state index in [1.807, 2.05) is 0 Å². The standard InChI is InChI=1S/C13H17IN2O/c1-2-10-11(14)13(17)16-12(15-10)9-6-7-3-4-8(9)5-7/h7-9H,2-6H2,1H3,(H,15,16,17). The zero-order valence-corrected chi connectivity index (χ0v) is 12.2. The van der Waals surface area contributed by atoms with Crippen molar-refractivity contribution < 1.29 is 0 Å². The third kappa shape index (κ3) is 1.94. The van der Waals surface area contributed by atoms with Gasteiger partial charge in [-0.05, 0) is 60.1 Å². The van der Waals surface area contributed by atoms with Crippen LogP contribution >= 0.6 is 22.6 Å². The molecule has 1 aromatic heterocycles. The van der Waals surface area contributed by atoms with Crippen molar-refractivity contribution in [2.24, 2.45) is 11.8 Å². The molecule has 0 aromatic carbocycles. The van der Waals surface area contributed by atoms with Crippen molar-refractivity contribution in [2.75, 3.05) is 0 Å². The van der Waals surface area contributed by atoms with Crippen LogP contribution in [0.1, 0.15) is 50.0 Å². The molecule has 0 radical (unpaired) electrons. The van der Waals surface area contributed by atoms with Crippen LogP contribution in [0.4, 0.5) is 0 Å². The summed E-state index contributed by atoms with van der Waals surface area (Å²) in [6, 6.07) is 0. The van der Waals surface area contributed by atoms with Crippen molar-refractivity contribution >= 4 is 22.6 Å². The maximum absolute atomic E-state index is 11.9. The fourth-order valence-corrected chi connectivity index (χ4v) is 4.15. The molecule has 2 aliphatic rings. The topological polar surface area (TPSA) is 45.8 Å². The lowest BCUT2D eigenvalue weighted by Gasteiger charge is -2.21. The van der Waals surface area contributed by atoms with Gasteiger partial charge < -0.3 is 4.98 Å². The van der Waals surface area contributed by atoms with Gasteiger partial charge >= 0.3 is 0 Å². The molecule has 0 saturated heterocycles. The van der Waals surface area contributed by atoms with Crippen molar-refractivity contribution in [3.63, 3.8) is 0 Å². The molecule has 2 aliphatic carbocycles. The first-order chi connectivity index (χ1) is 8.19. The Kier molecular flexibility index (Phi) is 3.00. The molecule has 2 saturated carbocycles. The Balaban J connectivity index is 1.98. The molecule has 1 heterocycles. The van der Waals surface area contributed by atoms with Gasteiger partial charge in [0.25, 0.3) is 5.56 Å². The van der Waals surface area contributed by atoms with Crippen LogP contribution in [-0.4, -0.2) is 9.97 Å². The number of hydrogen-bond donors (Lipinski definition) is 1. The molecular formula is C13H17IN2O. The summed E-state index contributed by atoms with van der Waals surface area (Å²) in [5.74, 6) is 3.13. The Morgan fingerprint density at radius 3 is 2.82 bits per heavy atom. The molecule has 3 atom stereocenters. The molecule has 92 valence electrons. The van der Waals surface area contributed by atoms with E-state index < -0.39 is 0 Å². The second kappa shape index (κ2) is 4.37. The zero-order chi connectivity index (χ0) is 12.0. The van der Waals surface area contributed by atoms with Gasteiger partial charge in [-0.3, -0.25) is 4.79 Å². The lowest BCUT2D eigenvalue weighted by Crippen LogP contribution is -2.22. The maximum atomic E-state index is 11.9. The maximum Gasteiger partial charge on any atom is 0.264 e. The van der Waals surface area contributed by atoms with Crippen LogP contribution in [0, 0.1) is 15.4 Å². The molecule has 17 heavy (non-hydrogen) atoms. The highest BCUT2D eigenvalue weighted by molar-refractivity contribution is 14.1. The number of fused-ring (bicyclic) bond motifs is 2. The number of nitrogens with zero attached hydrogens (tertiary/aromatic N) is 1. The number of H-pyrrole nitrogens is 1. The highest BCUT2D eigenvalue weighted by Gasteiger charge is 2.41. The quantitative estimate of drug-likeness (QED) is 0.839. The normalized spacial score (nSPS) is 31.1. The molecule has 2 fully saturated rings. The van der Waals surface area contributed by atoms with Crippen LogP contribution in [0.2, 0.25) is 0 Å². The predicted octanol–water partition coefficient (Wildman–Crippen LogP) is 2.84. The van der Waals surface area contributed by atoms with Gasteiger partial charge in [0, 0.05) is 5.92 Å². The third-order valence-electron chi connectivity index (χ3n) is 4.37. The molecule has 0 amide bonds. The van der Waals surface area contributed by atoms with Gasteiger partial charge in [0.2, 0.25) is 0 Å². The Morgan fingerprint density at radius 2 is 2.24 bits per heavy atom. The zero-order valence-electron chi connectivity index (χ0n) is 10.0. The molecule has 0 aliphatic heterocycles. The third-order valence-corrected chi connectivity index (χ3v) is 5.49. The number of hydrogen-bond acceptors (Lipinski definition) is 2. The van der Waals surface area contributed by atoms with Crippen LogP contribution < -0.4 is 5.56 Å². The average molecular weight is 344 g/mol. The minimum absolute atomic E-state index is 0.0511. The van der Waals surface area contributed by atoms with E-state index in [0.29, 0.717) is 5.92 Å². The van der Waals surface area contributed by atoms with Crippen molar-refractivity contribution in [2.45, 2.75) is 44.9 Å². The molecule has 3 nitrogen and oxygen atoms in total. The first-order valence-corrected chi connectivity index (χ1v) is 7.55. The minimum Gasteiger partial charge on any atom is -0.309 e. The van der Waals surface area contributed by atoms with E-state index in [1.165, 1.54) is 25.7 Å². The fourth-order valence-electron chi connectivity index (χ4n) is 3.51. The second-order valence-corrected chi connectivity index (χ2v) is 6.43. The number of aromatic nitrogens is 2. The van der Waals surface area contributed by atoms with Gasteiger partial charge in [0.05, 0.1) is 9.26 Å². The Morgan fingerprint density at radius 1 is 1.41 bits per heavy atom. The lowest BCUT2D eigenvalue weighted by atomic mass is 9.88. The Labute approximate surface area is 115 Å². The number of rotatable bonds is 2. The summed E-state index contributed by atoms with van der Waals surface area (Å²) in [5.41, 5.74) is 1.02. The smallest absolute Gasteiger partial charge is 0.264 e. The van der Waals surface area contributed by atoms with Crippen molar-refractivity contribution in [3.05, 3.63) is 25.4 Å². The lowest BCUT2D eigenvalue weighted by molar-refractivity contribution is 0.403. The summed E-state index contributed by atoms with van der Waals surface area (Å²) in [7, 11) is 0. The van der Waals surface area contributed by atoms with Crippen LogP contribution in [0.15, 0.2) is 4.79 Å². The summed E-state index contributed by atoms with van der Waals surface area (Å²) >= 11 is 2.10. The number of nitrogens with one attached hydrogen (secondary N) is 1. The summed E-state index contributed by atoms with van der Waals surface area (Å²) in [4.78, 5) is 19.6. The molecule has 4 heteroatoms. The van der Waals surface area contributed by atoms with Crippen LogP contribution in [0.3, 0.4) is 0 Å². The van der Waals surface area contributed by atoms with E-state index in [1.54, 1.807) is 0 Å². The largest absolute Gasteiger partial charge is 0.309 e. The monoisotopic (exact) mass is 344 g/mol. The summed E-state index contributed by atoms with van der Waals surface area (Å²) in [6.07, 6.45) is 6.14. The second-order valence-electron chi connectivity index (χ2n) is 5.35. The van der Waals surface area contributed by atoms with E-state index in [-0.39, 0.29) is 5.56 Å². The van der Waals surface area contributed by atoms with Gasteiger partial charge in [-0.25, -0.2) is 4.98 Å². The van der Waals surface area contributed by atoms with Crippen molar-refractivity contribution in [3.8, 4) is 0 Å². The molecule has 1 N–H and O–H groups in total. The molecule has 3 unspecified atom stereocenters. The minimum atomic E-state index is 0.0511. The van der Waals surface area contributed by atoms with Crippen molar-refractivity contribution in [1.82, 2.24) is 9.97 Å². The number of halogens is 1. The molecule has 0 spiro atoms. The molecular weight excluding hydrogens is 327 g/mol. The SMILES string of the molecule is CCc1nc(C2CC3CCC2C3)[nH]c(=O)c1I. The number of aryl methyl sites for hydroxylation is 1. The van der Waals surface area contributed by atoms with E-state index in [2.05, 4.69) is 39.5 Å². The summed E-state index contributed by atoms with van der Waals surface area (Å²) in [6.45, 7) is 2.06. The van der Waals surface area contributed by atoms with E-state index >= 15 is 0 Å². The Bertz CT molecular complexity index is 497. The van der Waals surface area contributed by atoms with E-state index in [0.717, 1.165) is 33.3 Å². The fraction of sp³-hybridized carbons (Fsp3) is 0.692. The van der Waals surface area contributed by atoms with Gasteiger partial charge in [0.15, 0.2) is 0 Å². The molecule has 3 rings (SSSR count). The Hall–Kier alpha value is -0.390. The molecule has 2 bridgehead atoms. The first kappa shape index (κ1) is 11.7. The van der Waals surface area contributed by atoms with Crippen LogP contribution in [-0.2, 0) is 6.42 Å².